The zero-order valence-corrected chi connectivity index (χ0v) is 14.1. The van der Waals surface area contributed by atoms with Crippen molar-refractivity contribution in [3.05, 3.63) is 58.7 Å². The van der Waals surface area contributed by atoms with Gasteiger partial charge in [-0.2, -0.15) is 4.21 Å². The molecular weight excluding hydrogens is 340 g/mol. The van der Waals surface area contributed by atoms with Crippen LogP contribution in [-0.2, 0) is 27.2 Å². The van der Waals surface area contributed by atoms with E-state index in [1.54, 1.807) is 13.0 Å². The van der Waals surface area contributed by atoms with E-state index in [0.717, 1.165) is 39.2 Å². The molecule has 0 saturated carbocycles. The Labute approximate surface area is 140 Å². The Balaban J connectivity index is 2.20. The molecule has 2 aromatic rings. The number of aryl methyl sites for hydroxylation is 2. The first-order chi connectivity index (χ1) is 11.0. The van der Waals surface area contributed by atoms with E-state index in [0.29, 0.717) is 12.2 Å². The average molecular weight is 356 g/mol. The van der Waals surface area contributed by atoms with Gasteiger partial charge in [0, 0.05) is 4.90 Å². The first kappa shape index (κ1) is 17.9. The quantitative estimate of drug-likeness (QED) is 0.337. The minimum Gasteiger partial charge on any atom is -0.380 e. The molecule has 0 aliphatic heterocycles. The lowest BCUT2D eigenvalue weighted by molar-refractivity contribution is -0.432. The summed E-state index contributed by atoms with van der Waals surface area (Å²) in [6.07, 6.45) is 0.614. The molecule has 0 heterocycles. The summed E-state index contributed by atoms with van der Waals surface area (Å²) in [4.78, 5) is 0.816. The molecule has 2 N–H and O–H groups in total. The monoisotopic (exact) mass is 356 g/mol. The SMILES string of the molecule is Cc1ccc(Cc2ccc(C)c(SOOO)c2)cc1OS(=O)O. The molecule has 0 bridgehead atoms. The number of rotatable bonds is 7. The maximum atomic E-state index is 10.8. The van der Waals surface area contributed by atoms with Gasteiger partial charge in [-0.3, -0.25) is 4.55 Å². The Kier molecular flexibility index (Phi) is 6.58. The normalized spacial score (nSPS) is 12.2. The number of hydrogen-bond acceptors (Lipinski definition) is 6. The predicted molar refractivity (Wildman–Crippen MR) is 87.2 cm³/mol. The van der Waals surface area contributed by atoms with Gasteiger partial charge in [0.25, 0.3) is 0 Å². The minimum absolute atomic E-state index is 0.377. The fourth-order valence-electron chi connectivity index (χ4n) is 2.05. The van der Waals surface area contributed by atoms with Crippen LogP contribution >= 0.6 is 12.0 Å². The molecule has 1 atom stereocenters. The van der Waals surface area contributed by atoms with Gasteiger partial charge < -0.3 is 4.18 Å². The van der Waals surface area contributed by atoms with Crippen molar-refractivity contribution in [2.75, 3.05) is 0 Å². The van der Waals surface area contributed by atoms with E-state index in [-0.39, 0.29) is 0 Å². The van der Waals surface area contributed by atoms with Crippen molar-refractivity contribution < 1.29 is 27.6 Å². The first-order valence-electron chi connectivity index (χ1n) is 6.62. The fourth-order valence-corrected chi connectivity index (χ4v) is 2.89. The van der Waals surface area contributed by atoms with E-state index in [1.807, 2.05) is 37.3 Å². The zero-order valence-electron chi connectivity index (χ0n) is 12.5. The molecule has 8 heteroatoms. The van der Waals surface area contributed by atoms with Crippen molar-refractivity contribution in [2.45, 2.75) is 25.2 Å². The Morgan fingerprint density at radius 2 is 1.74 bits per heavy atom. The number of hydrogen-bond donors (Lipinski definition) is 2. The highest BCUT2D eigenvalue weighted by Gasteiger charge is 2.08. The van der Waals surface area contributed by atoms with E-state index >= 15 is 0 Å². The van der Waals surface area contributed by atoms with Gasteiger partial charge in [0.15, 0.2) is 0 Å². The predicted octanol–water partition coefficient (Wildman–Crippen LogP) is 3.84. The summed E-state index contributed by atoms with van der Waals surface area (Å²) >= 11 is -1.43. The molecule has 0 aliphatic carbocycles. The average Bonchev–Trinajstić information content (AvgIpc) is 2.50. The third kappa shape index (κ3) is 5.31. The van der Waals surface area contributed by atoms with Gasteiger partial charge in [-0.1, -0.05) is 29.3 Å². The molecule has 0 aromatic heterocycles. The van der Waals surface area contributed by atoms with Crippen LogP contribution in [0, 0.1) is 13.8 Å². The minimum atomic E-state index is -2.35. The third-order valence-electron chi connectivity index (χ3n) is 3.23. The van der Waals surface area contributed by atoms with Crippen molar-refractivity contribution in [3.63, 3.8) is 0 Å². The molecule has 1 unspecified atom stereocenters. The van der Waals surface area contributed by atoms with Gasteiger partial charge in [0.2, 0.25) is 0 Å². The van der Waals surface area contributed by atoms with Gasteiger partial charge >= 0.3 is 11.4 Å². The lowest BCUT2D eigenvalue weighted by Crippen LogP contribution is -2.00. The summed E-state index contributed by atoms with van der Waals surface area (Å²) in [7, 11) is 0. The van der Waals surface area contributed by atoms with E-state index in [1.165, 1.54) is 0 Å². The van der Waals surface area contributed by atoms with Crippen LogP contribution in [-0.4, -0.2) is 14.0 Å². The summed E-state index contributed by atoms with van der Waals surface area (Å²) in [5.74, 6) is 0.377. The van der Waals surface area contributed by atoms with Gasteiger partial charge in [-0.05, 0) is 54.7 Å². The van der Waals surface area contributed by atoms with E-state index < -0.39 is 11.4 Å². The third-order valence-corrected chi connectivity index (χ3v) is 4.30. The summed E-state index contributed by atoms with van der Waals surface area (Å²) in [5.41, 5.74) is 3.72. The van der Waals surface area contributed by atoms with Crippen LogP contribution in [0.1, 0.15) is 22.3 Å². The first-order valence-corrected chi connectivity index (χ1v) is 8.40. The van der Waals surface area contributed by atoms with Crippen LogP contribution in [0.15, 0.2) is 41.3 Å². The topological polar surface area (TPSA) is 85.2 Å². The maximum absolute atomic E-state index is 10.8. The lowest BCUT2D eigenvalue weighted by Gasteiger charge is -2.09. The molecule has 0 radical (unpaired) electrons. The molecule has 124 valence electrons. The van der Waals surface area contributed by atoms with E-state index in [4.69, 9.17) is 14.0 Å². The van der Waals surface area contributed by atoms with Gasteiger partial charge in [-0.25, -0.2) is 5.26 Å². The molecule has 6 nitrogen and oxygen atoms in total. The highest BCUT2D eigenvalue weighted by atomic mass is 32.2. The summed E-state index contributed by atoms with van der Waals surface area (Å²) < 4.78 is 29.0. The van der Waals surface area contributed by atoms with Crippen LogP contribution in [0.4, 0.5) is 0 Å². The van der Waals surface area contributed by atoms with Crippen LogP contribution in [0.5, 0.6) is 5.75 Å². The van der Waals surface area contributed by atoms with Crippen molar-refractivity contribution in [1.29, 1.82) is 0 Å². The van der Waals surface area contributed by atoms with Gasteiger partial charge in [-0.15, -0.1) is 4.33 Å². The summed E-state index contributed by atoms with van der Waals surface area (Å²) in [5, 5.41) is 11.9. The Morgan fingerprint density at radius 3 is 2.39 bits per heavy atom. The summed E-state index contributed by atoms with van der Waals surface area (Å²) in [6.45, 7) is 3.72. The molecule has 0 fully saturated rings. The molecule has 0 saturated heterocycles. The van der Waals surface area contributed by atoms with Crippen LogP contribution in [0.3, 0.4) is 0 Å². The molecular formula is C15H16O6S2. The molecule has 0 aliphatic rings. The number of benzene rings is 2. The smallest absolute Gasteiger partial charge is 0.357 e. The lowest BCUT2D eigenvalue weighted by atomic mass is 10.0. The standard InChI is InChI=1S/C15H16O6S2/c1-10-3-5-12(8-14(10)19-23(17)18)7-13-6-4-11(2)15(9-13)22-21-20-16/h3-6,8-9,16H,7H2,1-2H3,(H,17,18). The molecule has 2 aromatic carbocycles. The second kappa shape index (κ2) is 8.44. The molecule has 2 rings (SSSR count). The second-order valence-corrected chi connectivity index (χ2v) is 6.25. The van der Waals surface area contributed by atoms with E-state index in [2.05, 4.69) is 9.37 Å². The Morgan fingerprint density at radius 1 is 1.09 bits per heavy atom. The zero-order chi connectivity index (χ0) is 16.8. The highest BCUT2D eigenvalue weighted by Crippen LogP contribution is 2.27. The Bertz CT molecular complexity index is 704. The molecule has 23 heavy (non-hydrogen) atoms. The van der Waals surface area contributed by atoms with Crippen LogP contribution in [0.2, 0.25) is 0 Å². The summed E-state index contributed by atoms with van der Waals surface area (Å²) in [6, 6.07) is 11.3. The second-order valence-electron chi connectivity index (χ2n) is 4.90. The highest BCUT2D eigenvalue weighted by molar-refractivity contribution is 7.94. The molecule has 0 amide bonds. The largest absolute Gasteiger partial charge is 0.380 e. The van der Waals surface area contributed by atoms with Gasteiger partial charge in [0.05, 0.1) is 12.0 Å². The van der Waals surface area contributed by atoms with Crippen LogP contribution < -0.4 is 4.18 Å². The fraction of sp³-hybridized carbons (Fsp3) is 0.200. The maximum Gasteiger partial charge on any atom is 0.357 e. The van der Waals surface area contributed by atoms with Crippen molar-refractivity contribution >= 4 is 23.4 Å². The molecule has 0 spiro atoms. The van der Waals surface area contributed by atoms with Crippen molar-refractivity contribution in [1.82, 2.24) is 0 Å². The van der Waals surface area contributed by atoms with E-state index in [9.17, 15) is 4.21 Å². The Hall–Kier alpha value is -1.42. The van der Waals surface area contributed by atoms with Crippen molar-refractivity contribution in [2.24, 2.45) is 0 Å². The van der Waals surface area contributed by atoms with Crippen molar-refractivity contribution in [3.8, 4) is 5.75 Å². The van der Waals surface area contributed by atoms with Gasteiger partial charge in [0.1, 0.15) is 5.75 Å². The van der Waals surface area contributed by atoms with Crippen LogP contribution in [0.25, 0.3) is 0 Å².